The summed E-state index contributed by atoms with van der Waals surface area (Å²) in [7, 11) is -1.21. The predicted molar refractivity (Wildman–Crippen MR) is 110 cm³/mol. The molecule has 3 rings (SSSR count). The normalized spacial score (nSPS) is 11.8. The van der Waals surface area contributed by atoms with Crippen molar-refractivity contribution in [3.05, 3.63) is 36.8 Å². The van der Waals surface area contributed by atoms with Crippen LogP contribution in [-0.2, 0) is 20.7 Å². The third-order valence-corrected chi connectivity index (χ3v) is 6.25. The van der Waals surface area contributed by atoms with Gasteiger partial charge >= 0.3 is 7.60 Å². The Morgan fingerprint density at radius 2 is 1.93 bits per heavy atom. The van der Waals surface area contributed by atoms with Crippen molar-refractivity contribution in [1.82, 2.24) is 14.5 Å². The summed E-state index contributed by atoms with van der Waals surface area (Å²) in [4.78, 5) is 8.41. The summed E-state index contributed by atoms with van der Waals surface area (Å²) < 4.78 is 30.8. The molecule has 0 aliphatic rings. The molecule has 0 atom stereocenters. The molecule has 0 amide bonds. The number of nitrogens with zero attached hydrogens (tertiary/aromatic N) is 3. The van der Waals surface area contributed by atoms with Gasteiger partial charge in [-0.15, -0.1) is 0 Å². The smallest absolute Gasteiger partial charge is 0.334 e. The first-order chi connectivity index (χ1) is 13.5. The van der Waals surface area contributed by atoms with Crippen molar-refractivity contribution in [2.45, 2.75) is 13.8 Å². The lowest BCUT2D eigenvalue weighted by molar-refractivity contribution is 0.213. The number of aromatic nitrogens is 3. The molecule has 0 fully saturated rings. The van der Waals surface area contributed by atoms with Crippen molar-refractivity contribution in [1.29, 1.82) is 0 Å². The van der Waals surface area contributed by atoms with Gasteiger partial charge in [-0.3, -0.25) is 4.57 Å². The maximum absolute atomic E-state index is 12.5. The Morgan fingerprint density at radius 3 is 2.64 bits per heavy atom. The van der Waals surface area contributed by atoms with E-state index in [1.165, 1.54) is 6.33 Å². The highest BCUT2D eigenvalue weighted by Gasteiger charge is 2.23. The summed E-state index contributed by atoms with van der Waals surface area (Å²) in [5.41, 5.74) is 8.70. The first-order valence-electron chi connectivity index (χ1n) is 9.14. The molecule has 2 aromatic heterocycles. The SMILES string of the molecule is CCOP(=O)(CCOc1cccc(-c2cn(C)c3ncnc(N)c23)c1)OCC. The number of ether oxygens (including phenoxy) is 1. The van der Waals surface area contributed by atoms with Gasteiger partial charge in [0.05, 0.1) is 31.4 Å². The highest BCUT2D eigenvalue weighted by molar-refractivity contribution is 7.53. The van der Waals surface area contributed by atoms with Crippen LogP contribution < -0.4 is 10.5 Å². The second kappa shape index (κ2) is 8.73. The standard InChI is InChI=1S/C19H25N4O4P/c1-4-26-28(24,27-5-2)10-9-25-15-8-6-7-14(11-15)16-12-23(3)19-17(16)18(20)21-13-22-19/h6-8,11-13H,4-5,9-10H2,1-3H3,(H2,20,21,22). The van der Waals surface area contributed by atoms with Gasteiger partial charge in [0.2, 0.25) is 0 Å². The average molecular weight is 404 g/mol. The van der Waals surface area contributed by atoms with Crippen LogP contribution in [0.5, 0.6) is 5.75 Å². The molecule has 0 unspecified atom stereocenters. The highest BCUT2D eigenvalue weighted by atomic mass is 31.2. The lowest BCUT2D eigenvalue weighted by Crippen LogP contribution is -2.08. The van der Waals surface area contributed by atoms with E-state index in [0.717, 1.165) is 22.2 Å². The first-order valence-corrected chi connectivity index (χ1v) is 10.9. The van der Waals surface area contributed by atoms with Crippen LogP contribution >= 0.6 is 7.60 Å². The van der Waals surface area contributed by atoms with Crippen LogP contribution in [0.4, 0.5) is 5.82 Å². The Labute approximate surface area is 164 Å². The number of nitrogens with two attached hydrogens (primary N) is 1. The number of fused-ring (bicyclic) bond motifs is 1. The summed E-state index contributed by atoms with van der Waals surface area (Å²) in [6.07, 6.45) is 3.61. The lowest BCUT2D eigenvalue weighted by atomic mass is 10.1. The maximum atomic E-state index is 12.5. The second-order valence-electron chi connectivity index (χ2n) is 6.16. The first kappa shape index (κ1) is 20.3. The molecule has 0 bridgehead atoms. The number of rotatable bonds is 9. The number of benzene rings is 1. The minimum absolute atomic E-state index is 0.188. The van der Waals surface area contributed by atoms with Gasteiger partial charge in [0.1, 0.15) is 23.5 Å². The van der Waals surface area contributed by atoms with Gasteiger partial charge in [-0.1, -0.05) is 12.1 Å². The van der Waals surface area contributed by atoms with Gasteiger partial charge in [0, 0.05) is 18.8 Å². The van der Waals surface area contributed by atoms with E-state index in [0.29, 0.717) is 24.8 Å². The van der Waals surface area contributed by atoms with Gasteiger partial charge in [0.15, 0.2) is 0 Å². The zero-order valence-electron chi connectivity index (χ0n) is 16.3. The third-order valence-electron chi connectivity index (χ3n) is 4.21. The van der Waals surface area contributed by atoms with Crippen LogP contribution in [0.15, 0.2) is 36.8 Å². The van der Waals surface area contributed by atoms with Crippen molar-refractivity contribution >= 4 is 24.4 Å². The molecule has 2 N–H and O–H groups in total. The number of aryl methyl sites for hydroxylation is 1. The Kier molecular flexibility index (Phi) is 6.34. The van der Waals surface area contributed by atoms with E-state index in [2.05, 4.69) is 9.97 Å². The number of nitrogen functional groups attached to an aromatic ring is 1. The van der Waals surface area contributed by atoms with Gasteiger partial charge in [-0.25, -0.2) is 9.97 Å². The summed E-state index contributed by atoms with van der Waals surface area (Å²) in [6.45, 7) is 4.46. The molecule has 2 heterocycles. The molecule has 8 nitrogen and oxygen atoms in total. The fourth-order valence-corrected chi connectivity index (χ4v) is 4.48. The van der Waals surface area contributed by atoms with Gasteiger partial charge in [0.25, 0.3) is 0 Å². The van der Waals surface area contributed by atoms with Crippen LogP contribution in [-0.4, -0.2) is 40.5 Å². The van der Waals surface area contributed by atoms with E-state index in [1.54, 1.807) is 13.8 Å². The quantitative estimate of drug-likeness (QED) is 0.540. The maximum Gasteiger partial charge on any atom is 0.334 e. The predicted octanol–water partition coefficient (Wildman–Crippen LogP) is 3.86. The topological polar surface area (TPSA) is 101 Å². The molecule has 28 heavy (non-hydrogen) atoms. The van der Waals surface area contributed by atoms with E-state index >= 15 is 0 Å². The Hall–Kier alpha value is -2.41. The summed E-state index contributed by atoms with van der Waals surface area (Å²) in [5, 5.41) is 0.805. The van der Waals surface area contributed by atoms with E-state index in [9.17, 15) is 4.57 Å². The third kappa shape index (κ3) is 4.35. The molecule has 0 radical (unpaired) electrons. The Balaban J connectivity index is 1.79. The molecule has 3 aromatic rings. The zero-order chi connectivity index (χ0) is 20.1. The molecule has 0 saturated carbocycles. The average Bonchev–Trinajstić information content (AvgIpc) is 3.01. The number of hydrogen-bond acceptors (Lipinski definition) is 7. The van der Waals surface area contributed by atoms with Gasteiger partial charge in [-0.2, -0.15) is 0 Å². The number of hydrogen-bond donors (Lipinski definition) is 1. The van der Waals surface area contributed by atoms with E-state index in [1.807, 2.05) is 42.1 Å². The van der Waals surface area contributed by atoms with Crippen LogP contribution in [0.25, 0.3) is 22.2 Å². The fourth-order valence-electron chi connectivity index (χ4n) is 3.04. The summed E-state index contributed by atoms with van der Waals surface area (Å²) >= 11 is 0. The van der Waals surface area contributed by atoms with Crippen molar-refractivity contribution in [3.63, 3.8) is 0 Å². The van der Waals surface area contributed by atoms with Gasteiger partial charge in [-0.05, 0) is 31.5 Å². The largest absolute Gasteiger partial charge is 0.493 e. The molecule has 0 spiro atoms. The summed E-state index contributed by atoms with van der Waals surface area (Å²) in [5.74, 6) is 1.09. The molecular formula is C19H25N4O4P. The monoisotopic (exact) mass is 404 g/mol. The minimum Gasteiger partial charge on any atom is -0.493 e. The van der Waals surface area contributed by atoms with E-state index in [-0.39, 0.29) is 12.8 Å². The van der Waals surface area contributed by atoms with E-state index in [4.69, 9.17) is 19.5 Å². The lowest BCUT2D eigenvalue weighted by Gasteiger charge is -2.17. The van der Waals surface area contributed by atoms with Crippen LogP contribution in [0.1, 0.15) is 13.8 Å². The van der Waals surface area contributed by atoms with Crippen molar-refractivity contribution in [2.24, 2.45) is 7.05 Å². The van der Waals surface area contributed by atoms with Crippen LogP contribution in [0.2, 0.25) is 0 Å². The Bertz CT molecular complexity index is 995. The van der Waals surface area contributed by atoms with Gasteiger partial charge < -0.3 is 24.1 Å². The molecule has 0 saturated heterocycles. The van der Waals surface area contributed by atoms with Crippen molar-refractivity contribution < 1.29 is 18.3 Å². The Morgan fingerprint density at radius 1 is 1.18 bits per heavy atom. The highest BCUT2D eigenvalue weighted by Crippen LogP contribution is 2.47. The van der Waals surface area contributed by atoms with Crippen LogP contribution in [0, 0.1) is 0 Å². The summed E-state index contributed by atoms with van der Waals surface area (Å²) in [6, 6.07) is 7.63. The molecule has 9 heteroatoms. The van der Waals surface area contributed by atoms with Crippen molar-refractivity contribution in [2.75, 3.05) is 31.7 Å². The molecule has 0 aliphatic heterocycles. The minimum atomic E-state index is -3.12. The van der Waals surface area contributed by atoms with Crippen molar-refractivity contribution in [3.8, 4) is 16.9 Å². The zero-order valence-corrected chi connectivity index (χ0v) is 17.2. The molecule has 150 valence electrons. The molecule has 0 aliphatic carbocycles. The molecule has 1 aromatic carbocycles. The van der Waals surface area contributed by atoms with Crippen LogP contribution in [0.3, 0.4) is 0 Å². The molecular weight excluding hydrogens is 379 g/mol. The second-order valence-corrected chi connectivity index (χ2v) is 8.34. The fraction of sp³-hybridized carbons (Fsp3) is 0.368. The number of anilines is 1. The van der Waals surface area contributed by atoms with E-state index < -0.39 is 7.60 Å².